The van der Waals surface area contributed by atoms with Gasteiger partial charge in [0.2, 0.25) is 5.91 Å². The number of ether oxygens (including phenoxy) is 1. The molecular weight excluding hydrogens is 353 g/mol. The highest BCUT2D eigenvalue weighted by molar-refractivity contribution is 5.79. The quantitative estimate of drug-likeness (QED) is 0.860. The minimum atomic E-state index is -0.518. The van der Waals surface area contributed by atoms with E-state index in [-0.39, 0.29) is 23.3 Å². The second-order valence-corrected chi connectivity index (χ2v) is 7.24. The van der Waals surface area contributed by atoms with E-state index in [9.17, 15) is 18.8 Å². The van der Waals surface area contributed by atoms with Crippen LogP contribution in [0.2, 0.25) is 0 Å². The lowest BCUT2D eigenvalue weighted by Gasteiger charge is -2.35. The molecule has 0 aliphatic carbocycles. The van der Waals surface area contributed by atoms with Crippen LogP contribution in [0, 0.1) is 11.7 Å². The van der Waals surface area contributed by atoms with Crippen LogP contribution >= 0.6 is 0 Å². The fourth-order valence-electron chi connectivity index (χ4n) is 4.08. The average molecular weight is 375 g/mol. The summed E-state index contributed by atoms with van der Waals surface area (Å²) in [6.07, 6.45) is 2.54. The molecule has 2 saturated heterocycles. The summed E-state index contributed by atoms with van der Waals surface area (Å²) in [6.45, 7) is 2.25. The average Bonchev–Trinajstić information content (AvgIpc) is 2.69. The van der Waals surface area contributed by atoms with Crippen LogP contribution in [0.5, 0.6) is 0 Å². The predicted octanol–water partition coefficient (Wildman–Crippen LogP) is 1.42. The number of carbonyl (C=O) groups is 1. The smallest absolute Gasteiger partial charge is 0.329 e. The number of likely N-dealkylation sites (tertiary alicyclic amines) is 1. The number of aromatic nitrogens is 2. The van der Waals surface area contributed by atoms with Gasteiger partial charge in [-0.1, -0.05) is 0 Å². The predicted molar refractivity (Wildman–Crippen MR) is 97.2 cm³/mol. The Morgan fingerprint density at radius 1 is 1.11 bits per heavy atom. The van der Waals surface area contributed by atoms with Crippen LogP contribution in [0.3, 0.4) is 0 Å². The van der Waals surface area contributed by atoms with E-state index in [2.05, 4.69) is 4.98 Å². The van der Waals surface area contributed by atoms with Crippen molar-refractivity contribution in [3.8, 4) is 0 Å². The van der Waals surface area contributed by atoms with Gasteiger partial charge < -0.3 is 14.6 Å². The topological polar surface area (TPSA) is 84.4 Å². The number of fused-ring (bicyclic) bond motifs is 1. The number of benzene rings is 1. The van der Waals surface area contributed by atoms with Crippen LogP contribution in [-0.2, 0) is 9.53 Å². The molecular formula is C19H22FN3O4. The summed E-state index contributed by atoms with van der Waals surface area (Å²) >= 11 is 0. The lowest BCUT2D eigenvalue weighted by atomic mass is 9.96. The maximum Gasteiger partial charge on any atom is 0.329 e. The van der Waals surface area contributed by atoms with Crippen molar-refractivity contribution in [1.82, 2.24) is 14.5 Å². The summed E-state index contributed by atoms with van der Waals surface area (Å²) in [6, 6.07) is 3.45. The monoisotopic (exact) mass is 375 g/mol. The van der Waals surface area contributed by atoms with Crippen LogP contribution in [-0.4, -0.2) is 46.7 Å². The summed E-state index contributed by atoms with van der Waals surface area (Å²) in [5.41, 5.74) is -0.648. The van der Waals surface area contributed by atoms with Crippen molar-refractivity contribution in [3.05, 3.63) is 44.9 Å². The lowest BCUT2D eigenvalue weighted by Crippen LogP contribution is -2.47. The highest BCUT2D eigenvalue weighted by atomic mass is 19.1. The van der Waals surface area contributed by atoms with Gasteiger partial charge in [-0.05, 0) is 43.9 Å². The van der Waals surface area contributed by atoms with Crippen LogP contribution in [0.25, 0.3) is 10.9 Å². The molecule has 7 nitrogen and oxygen atoms in total. The Morgan fingerprint density at radius 2 is 1.81 bits per heavy atom. The zero-order valence-electron chi connectivity index (χ0n) is 14.9. The number of hydrogen-bond acceptors (Lipinski definition) is 4. The molecule has 0 bridgehead atoms. The van der Waals surface area contributed by atoms with Crippen LogP contribution < -0.4 is 11.2 Å². The summed E-state index contributed by atoms with van der Waals surface area (Å²) in [5, 5.41) is 0.162. The van der Waals surface area contributed by atoms with Crippen LogP contribution in [0.1, 0.15) is 31.7 Å². The Bertz CT molecular complexity index is 969. The number of hydrogen-bond donors (Lipinski definition) is 1. The number of rotatable bonds is 2. The number of amides is 1. The maximum absolute atomic E-state index is 13.5. The first-order valence-electron chi connectivity index (χ1n) is 9.35. The zero-order chi connectivity index (χ0) is 19.0. The standard InChI is InChI=1S/C19H22FN3O4/c20-13-1-2-16-15(11-13)18(25)23(19(26)21-16)14-3-7-22(8-4-14)17(24)12-5-9-27-10-6-12/h1-2,11-12,14H,3-10H2,(H,21,26). The largest absolute Gasteiger partial charge is 0.381 e. The molecule has 0 spiro atoms. The molecule has 1 aromatic carbocycles. The molecule has 3 heterocycles. The maximum atomic E-state index is 13.5. The minimum Gasteiger partial charge on any atom is -0.381 e. The molecule has 0 atom stereocenters. The van der Waals surface area contributed by atoms with E-state index >= 15 is 0 Å². The molecule has 1 N–H and O–H groups in total. The molecule has 4 rings (SSSR count). The summed E-state index contributed by atoms with van der Waals surface area (Å²) in [7, 11) is 0. The Labute approximate surface area is 154 Å². The first-order valence-corrected chi connectivity index (χ1v) is 9.35. The molecule has 0 radical (unpaired) electrons. The first kappa shape index (κ1) is 17.9. The number of H-pyrrole nitrogens is 1. The Balaban J connectivity index is 1.53. The van der Waals surface area contributed by atoms with Crippen molar-refractivity contribution in [2.24, 2.45) is 5.92 Å². The number of nitrogens with one attached hydrogen (secondary N) is 1. The third kappa shape index (κ3) is 3.41. The van der Waals surface area contributed by atoms with E-state index < -0.39 is 17.1 Å². The number of piperidine rings is 1. The zero-order valence-corrected chi connectivity index (χ0v) is 14.9. The molecule has 144 valence electrons. The van der Waals surface area contributed by atoms with Crippen molar-refractivity contribution in [2.75, 3.05) is 26.3 Å². The normalized spacial score (nSPS) is 19.5. The van der Waals surface area contributed by atoms with Crippen molar-refractivity contribution in [1.29, 1.82) is 0 Å². The number of carbonyl (C=O) groups excluding carboxylic acids is 1. The van der Waals surface area contributed by atoms with Crippen molar-refractivity contribution in [2.45, 2.75) is 31.7 Å². The van der Waals surface area contributed by atoms with Gasteiger partial charge >= 0.3 is 5.69 Å². The molecule has 2 aromatic rings. The minimum absolute atomic E-state index is 0.00469. The molecule has 8 heteroatoms. The third-order valence-corrected chi connectivity index (χ3v) is 5.60. The van der Waals surface area contributed by atoms with Gasteiger partial charge in [-0.25, -0.2) is 9.18 Å². The second kappa shape index (κ2) is 7.26. The van der Waals surface area contributed by atoms with E-state index in [1.807, 2.05) is 4.90 Å². The van der Waals surface area contributed by atoms with Gasteiger partial charge in [-0.15, -0.1) is 0 Å². The summed E-state index contributed by atoms with van der Waals surface area (Å²) in [4.78, 5) is 42.3. The van der Waals surface area contributed by atoms with E-state index in [1.54, 1.807) is 0 Å². The molecule has 1 aromatic heterocycles. The Hall–Kier alpha value is -2.48. The molecule has 27 heavy (non-hydrogen) atoms. The molecule has 1 amide bonds. The highest BCUT2D eigenvalue weighted by Gasteiger charge is 2.30. The summed E-state index contributed by atoms with van der Waals surface area (Å²) in [5.74, 6) is -0.376. The third-order valence-electron chi connectivity index (χ3n) is 5.60. The van der Waals surface area contributed by atoms with Gasteiger partial charge in [-0.3, -0.25) is 14.2 Å². The van der Waals surface area contributed by atoms with Gasteiger partial charge in [0, 0.05) is 38.3 Å². The van der Waals surface area contributed by atoms with Gasteiger partial charge in [0.25, 0.3) is 5.56 Å². The van der Waals surface area contributed by atoms with E-state index in [1.165, 1.54) is 16.7 Å². The van der Waals surface area contributed by atoms with Gasteiger partial charge in [0.05, 0.1) is 10.9 Å². The SMILES string of the molecule is O=C(C1CCOCC1)N1CCC(n2c(=O)[nH]c3ccc(F)cc3c2=O)CC1. The Kier molecular flexibility index (Phi) is 4.82. The second-order valence-electron chi connectivity index (χ2n) is 7.24. The van der Waals surface area contributed by atoms with Crippen LogP contribution in [0.15, 0.2) is 27.8 Å². The van der Waals surface area contributed by atoms with E-state index in [0.29, 0.717) is 44.7 Å². The number of halogens is 1. The molecule has 2 aliphatic heterocycles. The van der Waals surface area contributed by atoms with E-state index in [4.69, 9.17) is 4.74 Å². The van der Waals surface area contributed by atoms with Crippen molar-refractivity contribution in [3.63, 3.8) is 0 Å². The molecule has 0 unspecified atom stereocenters. The van der Waals surface area contributed by atoms with E-state index in [0.717, 1.165) is 18.9 Å². The summed E-state index contributed by atoms with van der Waals surface area (Å²) < 4.78 is 20.0. The fraction of sp³-hybridized carbons (Fsp3) is 0.526. The molecule has 2 fully saturated rings. The van der Waals surface area contributed by atoms with Crippen molar-refractivity contribution >= 4 is 16.8 Å². The van der Waals surface area contributed by atoms with Crippen LogP contribution in [0.4, 0.5) is 4.39 Å². The highest BCUT2D eigenvalue weighted by Crippen LogP contribution is 2.24. The van der Waals surface area contributed by atoms with Gasteiger partial charge in [0.15, 0.2) is 0 Å². The molecule has 2 aliphatic rings. The number of aromatic amines is 1. The number of nitrogens with zero attached hydrogens (tertiary/aromatic N) is 2. The lowest BCUT2D eigenvalue weighted by molar-refractivity contribution is -0.139. The van der Waals surface area contributed by atoms with Gasteiger partial charge in [0.1, 0.15) is 5.82 Å². The van der Waals surface area contributed by atoms with Gasteiger partial charge in [-0.2, -0.15) is 0 Å². The first-order chi connectivity index (χ1) is 13.0. The fourth-order valence-corrected chi connectivity index (χ4v) is 4.08. The Morgan fingerprint density at radius 3 is 2.52 bits per heavy atom. The molecule has 0 saturated carbocycles. The van der Waals surface area contributed by atoms with Crippen molar-refractivity contribution < 1.29 is 13.9 Å².